The van der Waals surface area contributed by atoms with Crippen molar-refractivity contribution >= 4 is 5.97 Å². The fraction of sp³-hybridized carbons (Fsp3) is 0.929. The van der Waals surface area contributed by atoms with Gasteiger partial charge in [0.05, 0.1) is 7.11 Å². The van der Waals surface area contributed by atoms with Gasteiger partial charge in [-0.3, -0.25) is 14.6 Å². The van der Waals surface area contributed by atoms with E-state index in [-0.39, 0.29) is 5.97 Å². The van der Waals surface area contributed by atoms with Crippen LogP contribution < -0.4 is 5.32 Å². The van der Waals surface area contributed by atoms with Gasteiger partial charge in [-0.15, -0.1) is 0 Å². The van der Waals surface area contributed by atoms with Gasteiger partial charge in [0, 0.05) is 25.2 Å². The van der Waals surface area contributed by atoms with Gasteiger partial charge in [-0.1, -0.05) is 0 Å². The second-order valence-corrected chi connectivity index (χ2v) is 6.15. The van der Waals surface area contributed by atoms with E-state index in [0.29, 0.717) is 12.6 Å². The number of ether oxygens (including phenoxy) is 1. The molecule has 2 rings (SSSR count). The van der Waals surface area contributed by atoms with Crippen molar-refractivity contribution in [3.05, 3.63) is 0 Å². The summed E-state index contributed by atoms with van der Waals surface area (Å²) in [5.74, 6) is -0.183. The van der Waals surface area contributed by atoms with Crippen molar-refractivity contribution in [3.8, 4) is 0 Å². The Balaban J connectivity index is 2.01. The molecule has 0 spiro atoms. The molecule has 2 fully saturated rings. The molecule has 0 aromatic rings. The summed E-state index contributed by atoms with van der Waals surface area (Å²) < 4.78 is 4.92. The van der Waals surface area contributed by atoms with Crippen molar-refractivity contribution in [2.24, 2.45) is 0 Å². The molecule has 3 atom stereocenters. The van der Waals surface area contributed by atoms with Crippen molar-refractivity contribution in [2.75, 3.05) is 40.8 Å². The van der Waals surface area contributed by atoms with Crippen LogP contribution in [0.4, 0.5) is 0 Å². The molecule has 0 aliphatic carbocycles. The summed E-state index contributed by atoms with van der Waals surface area (Å²) in [6.07, 6.45) is 3.81. The average molecular weight is 269 g/mol. The molecule has 0 radical (unpaired) electrons. The Morgan fingerprint density at radius 3 is 2.68 bits per heavy atom. The quantitative estimate of drug-likeness (QED) is 0.744. The van der Waals surface area contributed by atoms with Gasteiger partial charge in [-0.05, 0) is 46.8 Å². The van der Waals surface area contributed by atoms with Gasteiger partial charge in [0.25, 0.3) is 0 Å². The molecule has 110 valence electrons. The van der Waals surface area contributed by atoms with Crippen LogP contribution in [0.15, 0.2) is 0 Å². The first-order valence-electron chi connectivity index (χ1n) is 7.22. The Morgan fingerprint density at radius 2 is 2.05 bits per heavy atom. The molecule has 2 saturated heterocycles. The second kappa shape index (κ2) is 5.77. The van der Waals surface area contributed by atoms with Crippen LogP contribution in [-0.4, -0.2) is 74.2 Å². The third kappa shape index (κ3) is 2.93. The molecule has 0 aromatic carbocycles. The lowest BCUT2D eigenvalue weighted by molar-refractivity contribution is -0.148. The van der Waals surface area contributed by atoms with Gasteiger partial charge in [-0.2, -0.15) is 0 Å². The summed E-state index contributed by atoms with van der Waals surface area (Å²) in [4.78, 5) is 16.9. The minimum atomic E-state index is -0.614. The molecule has 0 aromatic heterocycles. The molecule has 2 bridgehead atoms. The molecular formula is C14H27N3O2. The highest BCUT2D eigenvalue weighted by atomic mass is 16.5. The number of rotatable bonds is 4. The second-order valence-electron chi connectivity index (χ2n) is 6.15. The van der Waals surface area contributed by atoms with E-state index in [1.54, 1.807) is 0 Å². The van der Waals surface area contributed by atoms with Crippen molar-refractivity contribution in [2.45, 2.75) is 43.8 Å². The minimum absolute atomic E-state index is 0.183. The fourth-order valence-corrected chi connectivity index (χ4v) is 3.44. The van der Waals surface area contributed by atoms with Crippen molar-refractivity contribution in [1.82, 2.24) is 15.1 Å². The molecule has 3 unspecified atom stereocenters. The zero-order valence-corrected chi connectivity index (χ0v) is 12.6. The normalized spacial score (nSPS) is 31.8. The van der Waals surface area contributed by atoms with Gasteiger partial charge in [0.15, 0.2) is 0 Å². The van der Waals surface area contributed by atoms with E-state index in [0.717, 1.165) is 19.1 Å². The lowest BCUT2D eigenvalue weighted by atomic mass is 10.0. The summed E-state index contributed by atoms with van der Waals surface area (Å²) in [7, 11) is 5.52. The molecule has 5 heteroatoms. The van der Waals surface area contributed by atoms with Crippen LogP contribution >= 0.6 is 0 Å². The number of hydrogen-bond donors (Lipinski definition) is 1. The van der Waals surface area contributed by atoms with Crippen LogP contribution in [-0.2, 0) is 9.53 Å². The Labute approximate surface area is 116 Å². The number of likely N-dealkylation sites (tertiary alicyclic amines) is 1. The zero-order valence-electron chi connectivity index (χ0n) is 12.6. The molecule has 2 heterocycles. The van der Waals surface area contributed by atoms with Crippen LogP contribution in [0.3, 0.4) is 0 Å². The molecular weight excluding hydrogens is 242 g/mol. The standard InChI is InChI=1S/C14H27N3O2/c1-14(15-2,13(18)19-4)10-17-8-7-11-5-6-12(9-17)16(11)3/h11-12,15H,5-10H2,1-4H3. The third-order valence-electron chi connectivity index (χ3n) is 4.96. The highest BCUT2D eigenvalue weighted by Gasteiger charge is 2.39. The average Bonchev–Trinajstić information content (AvgIpc) is 2.66. The molecule has 0 saturated carbocycles. The molecule has 1 N–H and O–H groups in total. The van der Waals surface area contributed by atoms with E-state index in [9.17, 15) is 4.79 Å². The van der Waals surface area contributed by atoms with Crippen molar-refractivity contribution in [3.63, 3.8) is 0 Å². The number of methoxy groups -OCH3 is 1. The number of nitrogens with zero attached hydrogens (tertiary/aromatic N) is 2. The lowest BCUT2D eigenvalue weighted by Gasteiger charge is -2.34. The van der Waals surface area contributed by atoms with Crippen LogP contribution in [0.5, 0.6) is 0 Å². The Bertz CT molecular complexity index is 337. The Kier molecular flexibility index (Phi) is 4.48. The van der Waals surface area contributed by atoms with E-state index >= 15 is 0 Å². The number of carbonyl (C=O) groups excluding carboxylic acids is 1. The minimum Gasteiger partial charge on any atom is -0.468 e. The van der Waals surface area contributed by atoms with Crippen molar-refractivity contribution < 1.29 is 9.53 Å². The Morgan fingerprint density at radius 1 is 1.37 bits per heavy atom. The first kappa shape index (κ1) is 14.8. The highest BCUT2D eigenvalue weighted by Crippen LogP contribution is 2.29. The molecule has 19 heavy (non-hydrogen) atoms. The SMILES string of the molecule is CNC(C)(CN1CCC2CCC(C1)N2C)C(=O)OC. The molecule has 5 nitrogen and oxygen atoms in total. The predicted octanol–water partition coefficient (Wildman–Crippen LogP) is 0.306. The maximum absolute atomic E-state index is 11.9. The van der Waals surface area contributed by atoms with Crippen LogP contribution in [0, 0.1) is 0 Å². The van der Waals surface area contributed by atoms with E-state index in [1.807, 2.05) is 14.0 Å². The predicted molar refractivity (Wildman–Crippen MR) is 75.1 cm³/mol. The summed E-state index contributed by atoms with van der Waals surface area (Å²) >= 11 is 0. The monoisotopic (exact) mass is 269 g/mol. The van der Waals surface area contributed by atoms with Gasteiger partial charge >= 0.3 is 5.97 Å². The number of carbonyl (C=O) groups is 1. The van der Waals surface area contributed by atoms with E-state index in [4.69, 9.17) is 4.74 Å². The number of likely N-dealkylation sites (N-methyl/N-ethyl adjacent to an activating group) is 2. The van der Waals surface area contributed by atoms with Crippen molar-refractivity contribution in [1.29, 1.82) is 0 Å². The number of nitrogens with one attached hydrogen (secondary N) is 1. The van der Waals surface area contributed by atoms with E-state index in [1.165, 1.54) is 26.4 Å². The largest absolute Gasteiger partial charge is 0.468 e. The van der Waals surface area contributed by atoms with Gasteiger partial charge in [0.1, 0.15) is 5.54 Å². The van der Waals surface area contributed by atoms with Crippen LogP contribution in [0.25, 0.3) is 0 Å². The molecule has 2 aliphatic heterocycles. The summed E-state index contributed by atoms with van der Waals surface area (Å²) in [5.41, 5.74) is -0.614. The third-order valence-corrected chi connectivity index (χ3v) is 4.96. The van der Waals surface area contributed by atoms with E-state index < -0.39 is 5.54 Å². The van der Waals surface area contributed by atoms with Crippen LogP contribution in [0.2, 0.25) is 0 Å². The highest BCUT2D eigenvalue weighted by molar-refractivity contribution is 5.80. The molecule has 0 amide bonds. The summed E-state index contributed by atoms with van der Waals surface area (Å²) in [5, 5.41) is 3.12. The lowest BCUT2D eigenvalue weighted by Crippen LogP contribution is -2.57. The maximum atomic E-state index is 11.9. The smallest absolute Gasteiger partial charge is 0.327 e. The number of fused-ring (bicyclic) bond motifs is 2. The number of esters is 1. The van der Waals surface area contributed by atoms with Gasteiger partial charge in [0.2, 0.25) is 0 Å². The summed E-state index contributed by atoms with van der Waals surface area (Å²) in [6.45, 7) is 4.76. The van der Waals surface area contributed by atoms with E-state index in [2.05, 4.69) is 22.2 Å². The first-order chi connectivity index (χ1) is 9.00. The maximum Gasteiger partial charge on any atom is 0.327 e. The Hall–Kier alpha value is -0.650. The fourth-order valence-electron chi connectivity index (χ4n) is 3.44. The molecule has 2 aliphatic rings. The van der Waals surface area contributed by atoms with Crippen LogP contribution in [0.1, 0.15) is 26.2 Å². The van der Waals surface area contributed by atoms with Gasteiger partial charge < -0.3 is 10.1 Å². The van der Waals surface area contributed by atoms with Gasteiger partial charge in [-0.25, -0.2) is 0 Å². The summed E-state index contributed by atoms with van der Waals surface area (Å²) in [6, 6.07) is 1.38. The number of hydrogen-bond acceptors (Lipinski definition) is 5. The zero-order chi connectivity index (χ0) is 14.0. The topological polar surface area (TPSA) is 44.8 Å². The first-order valence-corrected chi connectivity index (χ1v) is 7.22.